The molecule has 0 bridgehead atoms. The molecule has 2 heterocycles. The van der Waals surface area contributed by atoms with Crippen molar-refractivity contribution in [3.63, 3.8) is 0 Å². The first kappa shape index (κ1) is 15.6. The predicted octanol–water partition coefficient (Wildman–Crippen LogP) is 3.10. The summed E-state index contributed by atoms with van der Waals surface area (Å²) in [6.07, 6.45) is 5.07. The van der Waals surface area contributed by atoms with Gasteiger partial charge < -0.3 is 14.2 Å². The molecule has 2 fully saturated rings. The van der Waals surface area contributed by atoms with Crippen molar-refractivity contribution in [3.05, 3.63) is 23.8 Å². The molecule has 0 unspecified atom stereocenters. The summed E-state index contributed by atoms with van der Waals surface area (Å²) in [6, 6.07) is 6.12. The van der Waals surface area contributed by atoms with Crippen molar-refractivity contribution in [3.8, 4) is 11.5 Å². The van der Waals surface area contributed by atoms with Crippen LogP contribution in [-0.4, -0.2) is 45.4 Å². The molecule has 4 heteroatoms. The molecule has 1 spiro atoms. The van der Waals surface area contributed by atoms with Crippen LogP contribution < -0.4 is 9.47 Å². The minimum atomic E-state index is 0.482. The van der Waals surface area contributed by atoms with Gasteiger partial charge in [0.15, 0.2) is 0 Å². The van der Waals surface area contributed by atoms with E-state index in [0.29, 0.717) is 5.41 Å². The van der Waals surface area contributed by atoms with Gasteiger partial charge in [0, 0.05) is 37.9 Å². The number of hydrogen-bond donors (Lipinski definition) is 0. The lowest BCUT2D eigenvalue weighted by Crippen LogP contribution is -2.45. The van der Waals surface area contributed by atoms with Gasteiger partial charge in [-0.15, -0.1) is 0 Å². The molecule has 0 saturated carbocycles. The van der Waals surface area contributed by atoms with Gasteiger partial charge in [0.05, 0.1) is 14.2 Å². The maximum absolute atomic E-state index is 5.56. The average Bonchev–Trinajstić information content (AvgIpc) is 2.56. The molecule has 22 heavy (non-hydrogen) atoms. The number of benzene rings is 1. The highest BCUT2D eigenvalue weighted by molar-refractivity contribution is 5.40. The Kier molecular flexibility index (Phi) is 4.89. The van der Waals surface area contributed by atoms with E-state index < -0.39 is 0 Å². The summed E-state index contributed by atoms with van der Waals surface area (Å²) >= 11 is 0. The first-order valence-corrected chi connectivity index (χ1v) is 8.26. The third kappa shape index (κ3) is 3.39. The molecule has 3 rings (SSSR count). The number of methoxy groups -OCH3 is 2. The fourth-order valence-electron chi connectivity index (χ4n) is 3.88. The molecular weight excluding hydrogens is 278 g/mol. The van der Waals surface area contributed by atoms with Crippen LogP contribution in [0.1, 0.15) is 31.2 Å². The van der Waals surface area contributed by atoms with Gasteiger partial charge in [-0.05, 0) is 43.7 Å². The van der Waals surface area contributed by atoms with Gasteiger partial charge in [0.2, 0.25) is 0 Å². The highest BCUT2D eigenvalue weighted by atomic mass is 16.5. The van der Waals surface area contributed by atoms with Crippen LogP contribution in [0.15, 0.2) is 18.2 Å². The summed E-state index contributed by atoms with van der Waals surface area (Å²) in [5.41, 5.74) is 1.73. The van der Waals surface area contributed by atoms with E-state index in [1.54, 1.807) is 14.2 Å². The van der Waals surface area contributed by atoms with Gasteiger partial charge in [0.25, 0.3) is 0 Å². The van der Waals surface area contributed by atoms with Crippen molar-refractivity contribution in [2.24, 2.45) is 5.41 Å². The third-order valence-corrected chi connectivity index (χ3v) is 5.18. The Morgan fingerprint density at radius 1 is 1.14 bits per heavy atom. The topological polar surface area (TPSA) is 30.9 Å². The van der Waals surface area contributed by atoms with E-state index in [4.69, 9.17) is 14.2 Å². The third-order valence-electron chi connectivity index (χ3n) is 5.18. The number of nitrogens with zero attached hydrogens (tertiary/aromatic N) is 1. The summed E-state index contributed by atoms with van der Waals surface area (Å²) in [5, 5.41) is 0. The molecule has 1 aromatic rings. The van der Waals surface area contributed by atoms with E-state index in [0.717, 1.165) is 31.3 Å². The van der Waals surface area contributed by atoms with Gasteiger partial charge in [-0.3, -0.25) is 4.90 Å². The van der Waals surface area contributed by atoms with Crippen LogP contribution in [0.3, 0.4) is 0 Å². The highest BCUT2D eigenvalue weighted by Gasteiger charge is 2.36. The second-order valence-corrected chi connectivity index (χ2v) is 6.60. The standard InChI is InChI=1S/C18H27NO3/c1-20-16-5-4-15(17(12-16)21-2)13-19-9-3-6-18(14-19)7-10-22-11-8-18/h4-5,12H,3,6-11,13-14H2,1-2H3. The summed E-state index contributed by atoms with van der Waals surface area (Å²) in [4.78, 5) is 2.58. The van der Waals surface area contributed by atoms with Crippen LogP contribution in [0.2, 0.25) is 0 Å². The number of ether oxygens (including phenoxy) is 3. The van der Waals surface area contributed by atoms with Gasteiger partial charge >= 0.3 is 0 Å². The first-order valence-electron chi connectivity index (χ1n) is 8.26. The molecule has 0 radical (unpaired) electrons. The Bertz CT molecular complexity index is 492. The van der Waals surface area contributed by atoms with E-state index in [2.05, 4.69) is 11.0 Å². The van der Waals surface area contributed by atoms with Crippen LogP contribution in [0.25, 0.3) is 0 Å². The zero-order chi connectivity index (χ0) is 15.4. The second kappa shape index (κ2) is 6.88. The maximum atomic E-state index is 5.56. The van der Waals surface area contributed by atoms with Crippen molar-refractivity contribution in [2.75, 3.05) is 40.5 Å². The Hall–Kier alpha value is -1.26. The summed E-state index contributed by atoms with van der Waals surface area (Å²) < 4.78 is 16.4. The van der Waals surface area contributed by atoms with Crippen molar-refractivity contribution < 1.29 is 14.2 Å². The van der Waals surface area contributed by atoms with Gasteiger partial charge in [0.1, 0.15) is 11.5 Å². The molecule has 0 atom stereocenters. The fraction of sp³-hybridized carbons (Fsp3) is 0.667. The van der Waals surface area contributed by atoms with Gasteiger partial charge in [-0.2, -0.15) is 0 Å². The molecule has 2 aliphatic rings. The summed E-state index contributed by atoms with van der Waals surface area (Å²) in [5.74, 6) is 1.77. The zero-order valence-corrected chi connectivity index (χ0v) is 13.8. The number of likely N-dealkylation sites (tertiary alicyclic amines) is 1. The monoisotopic (exact) mass is 305 g/mol. The van der Waals surface area contributed by atoms with Crippen molar-refractivity contribution >= 4 is 0 Å². The minimum absolute atomic E-state index is 0.482. The molecule has 0 aliphatic carbocycles. The lowest BCUT2D eigenvalue weighted by Gasteiger charge is -2.45. The van der Waals surface area contributed by atoms with E-state index in [9.17, 15) is 0 Å². The lowest BCUT2D eigenvalue weighted by atomic mass is 9.74. The maximum Gasteiger partial charge on any atom is 0.127 e. The smallest absolute Gasteiger partial charge is 0.127 e. The molecule has 2 aliphatic heterocycles. The predicted molar refractivity (Wildman–Crippen MR) is 86.5 cm³/mol. The van der Waals surface area contributed by atoms with Gasteiger partial charge in [-0.25, -0.2) is 0 Å². The van der Waals surface area contributed by atoms with E-state index in [1.165, 1.54) is 44.3 Å². The molecule has 2 saturated heterocycles. The SMILES string of the molecule is COc1ccc(CN2CCCC3(CCOCC3)C2)c(OC)c1. The molecule has 4 nitrogen and oxygen atoms in total. The van der Waals surface area contributed by atoms with Crippen molar-refractivity contribution in [2.45, 2.75) is 32.2 Å². The number of hydrogen-bond acceptors (Lipinski definition) is 4. The Balaban J connectivity index is 1.70. The van der Waals surface area contributed by atoms with Gasteiger partial charge in [-0.1, -0.05) is 6.07 Å². The molecule has 122 valence electrons. The minimum Gasteiger partial charge on any atom is -0.497 e. The second-order valence-electron chi connectivity index (χ2n) is 6.60. The fourth-order valence-corrected chi connectivity index (χ4v) is 3.88. The molecular formula is C18H27NO3. The molecule has 0 N–H and O–H groups in total. The van der Waals surface area contributed by atoms with Crippen LogP contribution >= 0.6 is 0 Å². The molecule has 0 aromatic heterocycles. The summed E-state index contributed by atoms with van der Waals surface area (Å²) in [6.45, 7) is 5.18. The van der Waals surface area contributed by atoms with E-state index in [1.807, 2.05) is 12.1 Å². The largest absolute Gasteiger partial charge is 0.497 e. The van der Waals surface area contributed by atoms with Crippen molar-refractivity contribution in [1.29, 1.82) is 0 Å². The first-order chi connectivity index (χ1) is 10.7. The Labute approximate surface area is 133 Å². The highest BCUT2D eigenvalue weighted by Crippen LogP contribution is 2.40. The average molecular weight is 305 g/mol. The quantitative estimate of drug-likeness (QED) is 0.855. The van der Waals surface area contributed by atoms with E-state index >= 15 is 0 Å². The Morgan fingerprint density at radius 2 is 1.95 bits per heavy atom. The Morgan fingerprint density at radius 3 is 2.68 bits per heavy atom. The summed E-state index contributed by atoms with van der Waals surface area (Å²) in [7, 11) is 3.42. The number of rotatable bonds is 4. The normalized spacial score (nSPS) is 21.7. The number of piperidine rings is 1. The van der Waals surface area contributed by atoms with Crippen LogP contribution in [0.4, 0.5) is 0 Å². The lowest BCUT2D eigenvalue weighted by molar-refractivity contribution is -0.0292. The van der Waals surface area contributed by atoms with Crippen LogP contribution in [0.5, 0.6) is 11.5 Å². The molecule has 1 aromatic carbocycles. The van der Waals surface area contributed by atoms with Crippen LogP contribution in [0, 0.1) is 5.41 Å². The molecule has 0 amide bonds. The van der Waals surface area contributed by atoms with Crippen LogP contribution in [-0.2, 0) is 11.3 Å². The zero-order valence-electron chi connectivity index (χ0n) is 13.8. The van der Waals surface area contributed by atoms with E-state index in [-0.39, 0.29) is 0 Å². The van der Waals surface area contributed by atoms with Crippen molar-refractivity contribution in [1.82, 2.24) is 4.90 Å².